The van der Waals surface area contributed by atoms with Gasteiger partial charge in [0.15, 0.2) is 5.78 Å². The summed E-state index contributed by atoms with van der Waals surface area (Å²) < 4.78 is 5.33. The molecule has 0 bridgehead atoms. The van der Waals surface area contributed by atoms with Crippen LogP contribution in [-0.2, 0) is 19.1 Å². The summed E-state index contributed by atoms with van der Waals surface area (Å²) in [4.78, 5) is 38.5. The van der Waals surface area contributed by atoms with Gasteiger partial charge in [-0.05, 0) is 139 Å². The number of ketones is 1. The molecule has 43 heavy (non-hydrogen) atoms. The van der Waals surface area contributed by atoms with Gasteiger partial charge in [-0.2, -0.15) is 0 Å². The van der Waals surface area contributed by atoms with Crippen molar-refractivity contribution < 1.29 is 19.1 Å². The fraction of sp³-hybridized carbons (Fsp3) is 0.769. The molecular weight excluding hydrogens is 532 g/mol. The number of fused-ring (bicyclic) bond motifs is 7. The Labute approximate surface area is 260 Å². The summed E-state index contributed by atoms with van der Waals surface area (Å²) in [5.41, 5.74) is 5.29. The van der Waals surface area contributed by atoms with Gasteiger partial charge in [-0.25, -0.2) is 0 Å². The van der Waals surface area contributed by atoms with Crippen molar-refractivity contribution in [2.45, 2.75) is 126 Å². The van der Waals surface area contributed by atoms with Gasteiger partial charge in [0.2, 0.25) is 0 Å². The maximum atomic E-state index is 13.4. The van der Waals surface area contributed by atoms with Gasteiger partial charge in [0.25, 0.3) is 0 Å². The summed E-state index contributed by atoms with van der Waals surface area (Å²) in [6, 6.07) is 0. The van der Waals surface area contributed by atoms with E-state index in [4.69, 9.17) is 4.74 Å². The van der Waals surface area contributed by atoms with E-state index in [2.05, 4.69) is 60.6 Å². The van der Waals surface area contributed by atoms with Crippen LogP contribution in [0.25, 0.3) is 0 Å². The second-order valence-electron chi connectivity index (χ2n) is 17.0. The number of ether oxygens (including phenoxy) is 1. The smallest absolute Gasteiger partial charge is 0.309 e. The number of carbonyl (C=O) groups is 3. The van der Waals surface area contributed by atoms with E-state index >= 15 is 0 Å². The summed E-state index contributed by atoms with van der Waals surface area (Å²) in [7, 11) is 0. The fourth-order valence-electron chi connectivity index (χ4n) is 12.5. The summed E-state index contributed by atoms with van der Waals surface area (Å²) >= 11 is 0. The van der Waals surface area contributed by atoms with E-state index in [0.717, 1.165) is 50.5 Å². The number of carbonyl (C=O) groups excluding carboxylic acids is 3. The molecule has 4 heteroatoms. The third kappa shape index (κ3) is 4.16. The maximum absolute atomic E-state index is 13.4. The van der Waals surface area contributed by atoms with Crippen LogP contribution >= 0.6 is 0 Å². The summed E-state index contributed by atoms with van der Waals surface area (Å²) in [6.07, 6.45) is 16.9. The molecule has 4 nitrogen and oxygen atoms in total. The lowest BCUT2D eigenvalue weighted by Gasteiger charge is -2.71. The quantitative estimate of drug-likeness (QED) is 0.238. The first-order valence-corrected chi connectivity index (χ1v) is 17.5. The van der Waals surface area contributed by atoms with Crippen LogP contribution in [0.5, 0.6) is 0 Å². The Morgan fingerprint density at radius 1 is 0.977 bits per heavy atom. The molecule has 0 heterocycles. The summed E-state index contributed by atoms with van der Waals surface area (Å²) in [5, 5.41) is 0. The molecule has 236 valence electrons. The van der Waals surface area contributed by atoms with E-state index in [1.54, 1.807) is 0 Å². The minimum atomic E-state index is -0.546. The maximum Gasteiger partial charge on any atom is 0.309 e. The van der Waals surface area contributed by atoms with E-state index in [1.807, 2.05) is 6.92 Å². The SMILES string of the molecule is CCOC(=O)C1CC=C(C2=CC[C@]3(C)[C@H]4CC[C@@H]5C6=C(C(C)C)C(=O)C[C@]6(C=O)CC[C@@]5(C)[C@]4(C)CC[C@H]3C2(C)C)CC1. The van der Waals surface area contributed by atoms with Crippen LogP contribution in [0, 0.1) is 56.7 Å². The average molecular weight is 589 g/mol. The Morgan fingerprint density at radius 2 is 1.72 bits per heavy atom. The number of esters is 1. The molecule has 0 radical (unpaired) electrons. The Kier molecular flexibility index (Phi) is 7.42. The van der Waals surface area contributed by atoms with Gasteiger partial charge in [0.05, 0.1) is 17.9 Å². The molecule has 1 unspecified atom stereocenters. The molecule has 0 aromatic rings. The molecule has 0 amide bonds. The lowest BCUT2D eigenvalue weighted by atomic mass is 9.33. The molecule has 6 aliphatic carbocycles. The Hall–Kier alpha value is -1.97. The molecule has 0 spiro atoms. The fourth-order valence-corrected chi connectivity index (χ4v) is 12.5. The molecule has 0 aliphatic heterocycles. The highest BCUT2D eigenvalue weighted by Crippen LogP contribution is 2.76. The average Bonchev–Trinajstić information content (AvgIpc) is 3.26. The van der Waals surface area contributed by atoms with E-state index in [9.17, 15) is 14.4 Å². The highest BCUT2D eigenvalue weighted by Gasteiger charge is 2.69. The minimum Gasteiger partial charge on any atom is -0.466 e. The standard InChI is InChI=1S/C39H56O4/c1-9-43-34(42)26-12-10-25(11-13-26)27-16-18-36(6)30(35(27,4)5)17-19-38(8)31(36)15-14-28-33-32(24(2)3)29(41)22-39(33,23-40)21-20-37(28,38)7/h10,16,23-24,26,28,30-31H,9,11-15,17-22H2,1-8H3/t26?,28-,30+,31-,36+,37-,38-,39+/m1/s1. The van der Waals surface area contributed by atoms with Crippen LogP contribution < -0.4 is 0 Å². The van der Waals surface area contributed by atoms with Crippen molar-refractivity contribution in [2.24, 2.45) is 56.7 Å². The van der Waals surface area contributed by atoms with Crippen molar-refractivity contribution >= 4 is 18.0 Å². The predicted octanol–water partition coefficient (Wildman–Crippen LogP) is 8.99. The molecule has 0 aromatic heterocycles. The lowest BCUT2D eigenvalue weighted by molar-refractivity contribution is -0.198. The van der Waals surface area contributed by atoms with Crippen LogP contribution in [0.1, 0.15) is 126 Å². The first-order valence-electron chi connectivity index (χ1n) is 17.5. The lowest BCUT2D eigenvalue weighted by Crippen LogP contribution is -2.64. The number of allylic oxidation sites excluding steroid dienone is 6. The molecule has 3 saturated carbocycles. The van der Waals surface area contributed by atoms with Crippen LogP contribution in [0.3, 0.4) is 0 Å². The molecule has 0 N–H and O–H groups in total. The molecule has 6 rings (SSSR count). The van der Waals surface area contributed by atoms with Crippen molar-refractivity contribution in [3.63, 3.8) is 0 Å². The molecule has 3 fully saturated rings. The van der Waals surface area contributed by atoms with Gasteiger partial charge < -0.3 is 9.53 Å². The largest absolute Gasteiger partial charge is 0.466 e. The Balaban J connectivity index is 1.33. The zero-order chi connectivity index (χ0) is 31.2. The Bertz CT molecular complexity index is 1310. The van der Waals surface area contributed by atoms with E-state index in [1.165, 1.54) is 42.3 Å². The van der Waals surface area contributed by atoms with E-state index in [-0.39, 0.29) is 45.2 Å². The first kappa shape index (κ1) is 31.0. The molecule has 0 saturated heterocycles. The van der Waals surface area contributed by atoms with Crippen molar-refractivity contribution in [3.8, 4) is 0 Å². The topological polar surface area (TPSA) is 60.4 Å². The van der Waals surface area contributed by atoms with Gasteiger partial charge in [-0.15, -0.1) is 0 Å². The van der Waals surface area contributed by atoms with Gasteiger partial charge >= 0.3 is 5.97 Å². The van der Waals surface area contributed by atoms with Gasteiger partial charge in [-0.1, -0.05) is 60.6 Å². The second kappa shape index (κ2) is 10.3. The third-order valence-electron chi connectivity index (χ3n) is 14.7. The van der Waals surface area contributed by atoms with Crippen molar-refractivity contribution in [2.75, 3.05) is 6.61 Å². The minimum absolute atomic E-state index is 0.00233. The van der Waals surface area contributed by atoms with Crippen LogP contribution in [0.2, 0.25) is 0 Å². The van der Waals surface area contributed by atoms with Crippen LogP contribution in [-0.4, -0.2) is 24.6 Å². The molecular formula is C39H56O4. The second-order valence-corrected chi connectivity index (χ2v) is 17.0. The van der Waals surface area contributed by atoms with Crippen molar-refractivity contribution in [1.82, 2.24) is 0 Å². The van der Waals surface area contributed by atoms with Gasteiger partial charge in [0.1, 0.15) is 6.29 Å². The van der Waals surface area contributed by atoms with Crippen LogP contribution in [0.4, 0.5) is 0 Å². The zero-order valence-electron chi connectivity index (χ0n) is 28.2. The highest BCUT2D eigenvalue weighted by atomic mass is 16.5. The number of rotatable bonds is 5. The van der Waals surface area contributed by atoms with Gasteiger partial charge in [0, 0.05) is 6.42 Å². The van der Waals surface area contributed by atoms with E-state index in [0.29, 0.717) is 30.8 Å². The van der Waals surface area contributed by atoms with Crippen molar-refractivity contribution in [1.29, 1.82) is 0 Å². The zero-order valence-corrected chi connectivity index (χ0v) is 28.2. The van der Waals surface area contributed by atoms with Crippen molar-refractivity contribution in [3.05, 3.63) is 34.4 Å². The summed E-state index contributed by atoms with van der Waals surface area (Å²) in [5.74, 6) is 1.94. The first-order chi connectivity index (χ1) is 20.2. The number of aldehydes is 1. The summed E-state index contributed by atoms with van der Waals surface area (Å²) in [6.45, 7) is 19.4. The normalized spacial score (nSPS) is 43.6. The van der Waals surface area contributed by atoms with Gasteiger partial charge in [-0.3, -0.25) is 9.59 Å². The highest BCUT2D eigenvalue weighted by molar-refractivity contribution is 6.03. The number of Topliss-reactive ketones (excluding diaryl/α,β-unsaturated/α-hetero) is 1. The number of hydrogen-bond donors (Lipinski definition) is 0. The number of hydrogen-bond acceptors (Lipinski definition) is 4. The molecule has 0 aromatic carbocycles. The third-order valence-corrected chi connectivity index (χ3v) is 14.7. The Morgan fingerprint density at radius 3 is 2.35 bits per heavy atom. The van der Waals surface area contributed by atoms with E-state index < -0.39 is 5.41 Å². The monoisotopic (exact) mass is 588 g/mol. The molecule has 6 aliphatic rings. The van der Waals surface area contributed by atoms with Crippen LogP contribution in [0.15, 0.2) is 34.4 Å². The predicted molar refractivity (Wildman–Crippen MR) is 171 cm³/mol. The molecule has 8 atom stereocenters.